The Labute approximate surface area is 390 Å². The number of carbonyl (C=O) groups excluding carboxylic acids is 2. The molecule has 2 heterocycles. The van der Waals surface area contributed by atoms with Crippen LogP contribution in [0.4, 0.5) is 0 Å². The van der Waals surface area contributed by atoms with Crippen molar-refractivity contribution in [1.82, 2.24) is 16.0 Å². The number of ketones is 2. The highest BCUT2D eigenvalue weighted by Crippen LogP contribution is 2.53. The molecule has 1 spiro atoms. The van der Waals surface area contributed by atoms with Crippen LogP contribution in [0, 0.1) is 52.8 Å². The highest BCUT2D eigenvalue weighted by Gasteiger charge is 2.53. The van der Waals surface area contributed by atoms with E-state index in [2.05, 4.69) is 71.1 Å². The molecule has 3 aromatic rings. The Bertz CT molecular complexity index is 2400. The molecular weight excluding hydrogens is 829 g/mol. The zero-order chi connectivity index (χ0) is 46.1. The lowest BCUT2D eigenvalue weighted by molar-refractivity contribution is -0.136. The van der Waals surface area contributed by atoms with Crippen molar-refractivity contribution in [2.24, 2.45) is 46.7 Å². The van der Waals surface area contributed by atoms with Gasteiger partial charge in [-0.2, -0.15) is 0 Å². The minimum atomic E-state index is -1.27. The largest absolute Gasteiger partial charge is 0.504 e. The Morgan fingerprint density at radius 3 is 2.58 bits per heavy atom. The Hall–Kier alpha value is -4.70. The number of carbonyl (C=O) groups is 2. The highest BCUT2D eigenvalue weighted by atomic mass is 16.5. The van der Waals surface area contributed by atoms with Gasteiger partial charge in [0, 0.05) is 43.7 Å². The molecule has 4 fully saturated rings. The van der Waals surface area contributed by atoms with Crippen molar-refractivity contribution < 1.29 is 34.8 Å². The number of phenolic OH excluding ortho intramolecular Hbond substituents is 1. The predicted molar refractivity (Wildman–Crippen MR) is 256 cm³/mol. The van der Waals surface area contributed by atoms with Gasteiger partial charge in [0.2, 0.25) is 0 Å². The number of piperidine rings is 1. The van der Waals surface area contributed by atoms with Crippen LogP contribution < -0.4 is 26.4 Å². The van der Waals surface area contributed by atoms with Gasteiger partial charge >= 0.3 is 0 Å². The van der Waals surface area contributed by atoms with Crippen LogP contribution in [0.15, 0.2) is 78.1 Å². The number of allylic oxidation sites excluding steroid dienone is 2. The van der Waals surface area contributed by atoms with Crippen LogP contribution in [0.25, 0.3) is 10.8 Å². The summed E-state index contributed by atoms with van der Waals surface area (Å²) in [7, 11) is 1.49. The van der Waals surface area contributed by atoms with Gasteiger partial charge in [0.1, 0.15) is 11.2 Å². The van der Waals surface area contributed by atoms with Crippen LogP contribution in [0.1, 0.15) is 106 Å². The molecule has 9 rings (SSSR count). The number of hydrogen-bond acceptors (Lipinski definition) is 11. The second-order valence-corrected chi connectivity index (χ2v) is 20.5. The van der Waals surface area contributed by atoms with Crippen molar-refractivity contribution in [3.05, 3.63) is 94.8 Å². The van der Waals surface area contributed by atoms with Gasteiger partial charge in [-0.3, -0.25) is 9.59 Å². The number of fused-ring (bicyclic) bond motifs is 5. The summed E-state index contributed by atoms with van der Waals surface area (Å²) in [6.07, 6.45) is 7.63. The van der Waals surface area contributed by atoms with Crippen molar-refractivity contribution in [1.29, 1.82) is 0 Å². The number of nitrogens with one attached hydrogen (secondary N) is 3. The summed E-state index contributed by atoms with van der Waals surface area (Å²) in [4.78, 5) is 27.0. The van der Waals surface area contributed by atoms with Gasteiger partial charge in [0.05, 0.1) is 31.2 Å². The highest BCUT2D eigenvalue weighted by molar-refractivity contribution is 5.89. The summed E-state index contributed by atoms with van der Waals surface area (Å²) in [6.45, 7) is 5.45. The first-order chi connectivity index (χ1) is 31.9. The van der Waals surface area contributed by atoms with Crippen LogP contribution in [-0.4, -0.2) is 89.6 Å². The van der Waals surface area contributed by atoms with Crippen molar-refractivity contribution >= 4 is 22.3 Å². The smallest absolute Gasteiger partial charge is 0.160 e. The maximum absolute atomic E-state index is 14.6. The molecule has 0 aromatic heterocycles. The van der Waals surface area contributed by atoms with Gasteiger partial charge < -0.3 is 46.8 Å². The number of Topliss-reactive ketones (excluding diaryl/α,β-unsaturated/α-hetero) is 2. The van der Waals surface area contributed by atoms with Crippen LogP contribution in [0.3, 0.4) is 0 Å². The number of rotatable bonds is 12. The fourth-order valence-electron chi connectivity index (χ4n) is 13.3. The number of aromatic hydroxyl groups is 1. The Balaban J connectivity index is 0.976. The minimum Gasteiger partial charge on any atom is -0.504 e. The van der Waals surface area contributed by atoms with Gasteiger partial charge in [-0.05, 0) is 164 Å². The number of benzene rings is 3. The number of phenols is 1. The minimum absolute atomic E-state index is 0.0414. The van der Waals surface area contributed by atoms with E-state index in [1.54, 1.807) is 12.1 Å². The maximum atomic E-state index is 14.6. The first kappa shape index (κ1) is 46.4. The SMILES string of the molecule is CCNC[C@@H]1C[C@H]2[C@H](CN[C@@H]3CC(=O)CC[C@H]23)C[C@H]1[C@@H]1CC[C@@]2(C#C[C@@H](C[C@H](O)[C@H](O)C[C@H](C3=CCNC(N)=C3)c3ccc4ccccc4c3)c3cc(O)c(OC)cc3CCC2=O)[C@H](O)C1. The number of aliphatic hydroxyl groups excluding tert-OH is 3. The van der Waals surface area contributed by atoms with Gasteiger partial charge in [0.15, 0.2) is 17.3 Å². The van der Waals surface area contributed by atoms with E-state index in [-0.39, 0.29) is 48.4 Å². The fraction of sp³-hybridized carbons (Fsp3) is 0.564. The standard InChI is InChI=1S/C55H70N4O7/c1-3-57-30-39-22-46-40(31-59-47-27-41(60)11-12-42(46)47)21-43(39)37-15-18-55(53(65)25-37)17-14-36(45-29-50(63)51(66-2)24-35(45)10-13-52(55)64)23-48(61)49(62)28-44(38-16-19-58-54(56)26-38)34-9-8-32-6-4-5-7-33(32)20-34/h4-9,16,20,24,26,29,36-37,39-40,42-44,46-49,53,57-59,61-63,65H,3,10-13,15,18-19,21-23,25,27-28,30-31,56H2,1-2H3/t36-,37+,39-,40-,42+,43-,44-,46-,47+,48-,49+,53+,55+/m0/s1. The van der Waals surface area contributed by atoms with E-state index in [0.717, 1.165) is 72.8 Å². The summed E-state index contributed by atoms with van der Waals surface area (Å²) in [5.41, 5.74) is 8.39. The molecule has 9 N–H and O–H groups in total. The Morgan fingerprint density at radius 2 is 1.79 bits per heavy atom. The normalized spacial score (nSPS) is 32.3. The maximum Gasteiger partial charge on any atom is 0.160 e. The second-order valence-electron chi connectivity index (χ2n) is 20.5. The summed E-state index contributed by atoms with van der Waals surface area (Å²) in [6, 6.07) is 18.1. The van der Waals surface area contributed by atoms with E-state index in [9.17, 15) is 30.0 Å². The molecule has 4 aliphatic carbocycles. The fourth-order valence-corrected chi connectivity index (χ4v) is 13.3. The third kappa shape index (κ3) is 9.42. The zero-order valence-electron chi connectivity index (χ0n) is 38.7. The van der Waals surface area contributed by atoms with Gasteiger partial charge in [-0.1, -0.05) is 67.3 Å². The van der Waals surface area contributed by atoms with Gasteiger partial charge in [0.25, 0.3) is 0 Å². The van der Waals surface area contributed by atoms with Gasteiger partial charge in [-0.15, -0.1) is 0 Å². The summed E-state index contributed by atoms with van der Waals surface area (Å²) in [5, 5.41) is 60.3. The lowest BCUT2D eigenvalue weighted by atomic mass is 9.54. The van der Waals surface area contributed by atoms with Crippen LogP contribution in [0.5, 0.6) is 11.5 Å². The lowest BCUT2D eigenvalue weighted by Crippen LogP contribution is -2.57. The van der Waals surface area contributed by atoms with Crippen molar-refractivity contribution in [3.63, 3.8) is 0 Å². The number of hydrogen-bond donors (Lipinski definition) is 8. The Kier molecular flexibility index (Phi) is 14.0. The zero-order valence-corrected chi connectivity index (χ0v) is 38.7. The molecular formula is C55H70N4O7. The molecule has 11 heteroatoms. The van der Waals surface area contributed by atoms with E-state index in [1.807, 2.05) is 18.2 Å². The third-order valence-electron chi connectivity index (χ3n) is 16.9. The van der Waals surface area contributed by atoms with Crippen LogP contribution in [0.2, 0.25) is 0 Å². The third-order valence-corrected chi connectivity index (χ3v) is 16.9. The monoisotopic (exact) mass is 899 g/mol. The Morgan fingerprint density at radius 1 is 0.955 bits per heavy atom. The average molecular weight is 899 g/mol. The molecule has 352 valence electrons. The van der Waals surface area contributed by atoms with Crippen LogP contribution in [-0.2, 0) is 16.0 Å². The van der Waals surface area contributed by atoms with E-state index in [4.69, 9.17) is 10.5 Å². The quantitative estimate of drug-likeness (QED) is 0.0979. The molecule has 6 aliphatic rings. The number of aliphatic hydroxyl groups is 3. The number of dihydropyridines is 1. The van der Waals surface area contributed by atoms with E-state index in [1.165, 1.54) is 7.11 Å². The molecule has 66 heavy (non-hydrogen) atoms. The van der Waals surface area contributed by atoms with E-state index < -0.39 is 29.6 Å². The summed E-state index contributed by atoms with van der Waals surface area (Å²) in [5.74, 6) is 9.70. The first-order valence-corrected chi connectivity index (χ1v) is 24.8. The molecule has 2 aliphatic heterocycles. The molecule has 13 atom stereocenters. The van der Waals surface area contributed by atoms with E-state index in [0.29, 0.717) is 91.4 Å². The first-order valence-electron chi connectivity index (χ1n) is 24.8. The van der Waals surface area contributed by atoms with Gasteiger partial charge in [-0.25, -0.2) is 0 Å². The molecule has 11 nitrogen and oxygen atoms in total. The lowest BCUT2D eigenvalue weighted by Gasteiger charge is -2.54. The molecule has 3 aromatic carbocycles. The number of methoxy groups -OCH3 is 1. The predicted octanol–water partition coefficient (Wildman–Crippen LogP) is 6.13. The topological polar surface area (TPSA) is 186 Å². The van der Waals surface area contributed by atoms with Crippen LogP contribution >= 0.6 is 0 Å². The molecule has 0 amide bonds. The summed E-state index contributed by atoms with van der Waals surface area (Å²) < 4.78 is 5.52. The number of nitrogens with two attached hydrogens (primary N) is 1. The number of aryl methyl sites for hydroxylation is 1. The number of ether oxygens (including phenoxy) is 1. The van der Waals surface area contributed by atoms with Crippen molar-refractivity contribution in [2.75, 3.05) is 33.3 Å². The molecule has 0 bridgehead atoms. The molecule has 0 unspecified atom stereocenters. The molecule has 0 radical (unpaired) electrons. The second kappa shape index (κ2) is 19.9. The van der Waals surface area contributed by atoms with E-state index >= 15 is 0 Å². The average Bonchev–Trinajstić information content (AvgIpc) is 3.37. The molecule has 1 saturated heterocycles. The molecule has 3 saturated carbocycles. The van der Waals surface area contributed by atoms with Crippen molar-refractivity contribution in [3.8, 4) is 23.3 Å². The summed E-state index contributed by atoms with van der Waals surface area (Å²) >= 11 is 0. The van der Waals surface area contributed by atoms with Crippen molar-refractivity contribution in [2.45, 2.75) is 120 Å².